The van der Waals surface area contributed by atoms with Crippen molar-refractivity contribution < 1.29 is 4.42 Å². The number of nitrogens with one attached hydrogen (secondary N) is 1. The van der Waals surface area contributed by atoms with Crippen LogP contribution < -0.4 is 5.32 Å². The van der Waals surface area contributed by atoms with Crippen molar-refractivity contribution in [1.82, 2.24) is 5.32 Å². The Morgan fingerprint density at radius 2 is 2.06 bits per heavy atom. The van der Waals surface area contributed by atoms with Crippen LogP contribution in [0.25, 0.3) is 11.0 Å². The lowest BCUT2D eigenvalue weighted by atomic mass is 9.97. The first-order valence-corrected chi connectivity index (χ1v) is 6.90. The second-order valence-corrected chi connectivity index (χ2v) is 5.00. The molecular weight excluding hydrogens is 222 g/mol. The maximum atomic E-state index is 5.91. The molecule has 0 amide bonds. The van der Waals surface area contributed by atoms with Crippen molar-refractivity contribution in [3.8, 4) is 0 Å². The maximum Gasteiger partial charge on any atom is 0.134 e. The molecule has 0 fully saturated rings. The van der Waals surface area contributed by atoms with Crippen LogP contribution in [0.15, 0.2) is 22.6 Å². The standard InChI is InChI=1S/C16H23NO/c1-5-11(3)13-7-8-15-14(9-13)12(4)16(18-15)10-17-6-2/h7-9,11,17H,5-6,10H2,1-4H3. The number of furan rings is 1. The molecule has 0 bridgehead atoms. The zero-order valence-electron chi connectivity index (χ0n) is 11.8. The average molecular weight is 245 g/mol. The third-order valence-corrected chi connectivity index (χ3v) is 3.78. The van der Waals surface area contributed by atoms with E-state index in [0.717, 1.165) is 24.4 Å². The van der Waals surface area contributed by atoms with Gasteiger partial charge in [-0.1, -0.05) is 26.8 Å². The second kappa shape index (κ2) is 5.57. The molecule has 1 aromatic heterocycles. The van der Waals surface area contributed by atoms with Gasteiger partial charge >= 0.3 is 0 Å². The lowest BCUT2D eigenvalue weighted by Gasteiger charge is -2.08. The molecule has 1 heterocycles. The molecule has 0 spiro atoms. The summed E-state index contributed by atoms with van der Waals surface area (Å²) in [6.07, 6.45) is 1.17. The highest BCUT2D eigenvalue weighted by Crippen LogP contribution is 2.29. The van der Waals surface area contributed by atoms with E-state index in [0.29, 0.717) is 5.92 Å². The number of aryl methyl sites for hydroxylation is 1. The van der Waals surface area contributed by atoms with E-state index in [1.54, 1.807) is 0 Å². The third kappa shape index (κ3) is 2.44. The summed E-state index contributed by atoms with van der Waals surface area (Å²) in [6, 6.07) is 6.59. The lowest BCUT2D eigenvalue weighted by Crippen LogP contribution is -2.11. The van der Waals surface area contributed by atoms with Gasteiger partial charge in [-0.15, -0.1) is 0 Å². The predicted octanol–water partition coefficient (Wildman–Crippen LogP) is 4.36. The first-order chi connectivity index (χ1) is 8.67. The summed E-state index contributed by atoms with van der Waals surface area (Å²) >= 11 is 0. The topological polar surface area (TPSA) is 25.2 Å². The highest BCUT2D eigenvalue weighted by molar-refractivity contribution is 5.82. The molecule has 0 aliphatic carbocycles. The van der Waals surface area contributed by atoms with Gasteiger partial charge in [-0.25, -0.2) is 0 Å². The van der Waals surface area contributed by atoms with Crippen LogP contribution in [-0.4, -0.2) is 6.54 Å². The summed E-state index contributed by atoms with van der Waals surface area (Å²) in [5, 5.41) is 4.59. The summed E-state index contributed by atoms with van der Waals surface area (Å²) in [4.78, 5) is 0. The first-order valence-electron chi connectivity index (χ1n) is 6.90. The molecule has 0 aliphatic rings. The van der Waals surface area contributed by atoms with Crippen molar-refractivity contribution in [2.45, 2.75) is 46.6 Å². The fraction of sp³-hybridized carbons (Fsp3) is 0.500. The van der Waals surface area contributed by atoms with Crippen molar-refractivity contribution in [1.29, 1.82) is 0 Å². The minimum absolute atomic E-state index is 0.612. The zero-order chi connectivity index (χ0) is 13.1. The molecule has 0 saturated carbocycles. The monoisotopic (exact) mass is 245 g/mol. The van der Waals surface area contributed by atoms with E-state index < -0.39 is 0 Å². The molecule has 1 aromatic carbocycles. The van der Waals surface area contributed by atoms with E-state index in [9.17, 15) is 0 Å². The fourth-order valence-electron chi connectivity index (χ4n) is 2.24. The Bertz CT molecular complexity index is 527. The molecule has 0 saturated heterocycles. The molecular formula is C16H23NO. The van der Waals surface area contributed by atoms with Crippen LogP contribution in [0.1, 0.15) is 50.0 Å². The van der Waals surface area contributed by atoms with Crippen molar-refractivity contribution in [2.24, 2.45) is 0 Å². The zero-order valence-corrected chi connectivity index (χ0v) is 11.8. The largest absolute Gasteiger partial charge is 0.459 e. The van der Waals surface area contributed by atoms with Crippen LogP contribution in [0.2, 0.25) is 0 Å². The van der Waals surface area contributed by atoms with Crippen molar-refractivity contribution in [3.05, 3.63) is 35.1 Å². The van der Waals surface area contributed by atoms with Gasteiger partial charge in [-0.05, 0) is 49.1 Å². The van der Waals surface area contributed by atoms with Gasteiger partial charge in [0.1, 0.15) is 11.3 Å². The van der Waals surface area contributed by atoms with Gasteiger partial charge < -0.3 is 9.73 Å². The Balaban J connectivity index is 2.40. The smallest absolute Gasteiger partial charge is 0.134 e. The predicted molar refractivity (Wildman–Crippen MR) is 77.0 cm³/mol. The Hall–Kier alpha value is -1.28. The van der Waals surface area contributed by atoms with Crippen LogP contribution >= 0.6 is 0 Å². The van der Waals surface area contributed by atoms with Crippen LogP contribution in [0.4, 0.5) is 0 Å². The first kappa shape index (κ1) is 13.2. The normalized spacial score (nSPS) is 13.1. The van der Waals surface area contributed by atoms with Crippen LogP contribution in [-0.2, 0) is 6.54 Å². The minimum Gasteiger partial charge on any atom is -0.459 e. The molecule has 2 heteroatoms. The van der Waals surface area contributed by atoms with E-state index in [-0.39, 0.29) is 0 Å². The Kier molecular flexibility index (Phi) is 4.07. The van der Waals surface area contributed by atoms with Crippen molar-refractivity contribution in [2.75, 3.05) is 6.54 Å². The Morgan fingerprint density at radius 3 is 2.72 bits per heavy atom. The summed E-state index contributed by atoms with van der Waals surface area (Å²) in [6.45, 7) is 10.5. The molecule has 98 valence electrons. The number of fused-ring (bicyclic) bond motifs is 1. The SMILES string of the molecule is CCNCc1oc2ccc(C(C)CC)cc2c1C. The minimum atomic E-state index is 0.612. The van der Waals surface area contributed by atoms with Gasteiger partial charge in [0.25, 0.3) is 0 Å². The molecule has 1 unspecified atom stereocenters. The lowest BCUT2D eigenvalue weighted by molar-refractivity contribution is 0.516. The molecule has 0 radical (unpaired) electrons. The number of benzene rings is 1. The number of rotatable bonds is 5. The quantitative estimate of drug-likeness (QED) is 0.846. The summed E-state index contributed by atoms with van der Waals surface area (Å²) < 4.78 is 5.91. The highest BCUT2D eigenvalue weighted by atomic mass is 16.3. The van der Waals surface area contributed by atoms with E-state index in [2.05, 4.69) is 51.2 Å². The van der Waals surface area contributed by atoms with E-state index in [1.807, 2.05) is 0 Å². The number of hydrogen-bond acceptors (Lipinski definition) is 2. The molecule has 1 N–H and O–H groups in total. The Morgan fingerprint density at radius 1 is 1.28 bits per heavy atom. The van der Waals surface area contributed by atoms with E-state index in [4.69, 9.17) is 4.42 Å². The van der Waals surface area contributed by atoms with E-state index >= 15 is 0 Å². The van der Waals surface area contributed by atoms with Gasteiger partial charge in [-0.2, -0.15) is 0 Å². The van der Waals surface area contributed by atoms with E-state index in [1.165, 1.54) is 22.9 Å². The molecule has 2 rings (SSSR count). The van der Waals surface area contributed by atoms with Crippen molar-refractivity contribution in [3.63, 3.8) is 0 Å². The van der Waals surface area contributed by atoms with Crippen molar-refractivity contribution >= 4 is 11.0 Å². The fourth-order valence-corrected chi connectivity index (χ4v) is 2.24. The van der Waals surface area contributed by atoms with Gasteiger partial charge in [0.15, 0.2) is 0 Å². The van der Waals surface area contributed by atoms with Gasteiger partial charge in [0, 0.05) is 5.39 Å². The maximum absolute atomic E-state index is 5.91. The van der Waals surface area contributed by atoms with Gasteiger partial charge in [-0.3, -0.25) is 0 Å². The van der Waals surface area contributed by atoms with Gasteiger partial charge in [0.2, 0.25) is 0 Å². The third-order valence-electron chi connectivity index (χ3n) is 3.78. The van der Waals surface area contributed by atoms with Crippen LogP contribution in [0, 0.1) is 6.92 Å². The molecule has 2 nitrogen and oxygen atoms in total. The summed E-state index contributed by atoms with van der Waals surface area (Å²) in [7, 11) is 0. The summed E-state index contributed by atoms with van der Waals surface area (Å²) in [5.74, 6) is 1.68. The molecule has 18 heavy (non-hydrogen) atoms. The molecule has 0 aliphatic heterocycles. The van der Waals surface area contributed by atoms with Crippen LogP contribution in [0.3, 0.4) is 0 Å². The van der Waals surface area contributed by atoms with Crippen LogP contribution in [0.5, 0.6) is 0 Å². The molecule has 2 aromatic rings. The van der Waals surface area contributed by atoms with Gasteiger partial charge in [0.05, 0.1) is 6.54 Å². The summed E-state index contributed by atoms with van der Waals surface area (Å²) in [5.41, 5.74) is 3.69. The average Bonchev–Trinajstić information content (AvgIpc) is 2.72. The second-order valence-electron chi connectivity index (χ2n) is 5.00. The number of hydrogen-bond donors (Lipinski definition) is 1. The molecule has 1 atom stereocenters. The Labute approximate surface area is 109 Å². The highest BCUT2D eigenvalue weighted by Gasteiger charge is 2.12.